The number of aliphatic hydroxyl groups is 1. The van der Waals surface area contributed by atoms with Crippen LogP contribution in [0.15, 0.2) is 0 Å². The van der Waals surface area contributed by atoms with E-state index in [0.717, 1.165) is 12.8 Å². The summed E-state index contributed by atoms with van der Waals surface area (Å²) < 4.78 is 17.4. The summed E-state index contributed by atoms with van der Waals surface area (Å²) in [5, 5.41) is 9.90. The van der Waals surface area contributed by atoms with Gasteiger partial charge in [-0.25, -0.2) is 0 Å². The second kappa shape index (κ2) is 3.92. The first-order valence-corrected chi connectivity index (χ1v) is 6.71. The Morgan fingerprint density at radius 3 is 2.53 bits per heavy atom. The van der Waals surface area contributed by atoms with Crippen molar-refractivity contribution in [1.82, 2.24) is 0 Å². The van der Waals surface area contributed by atoms with Crippen LogP contribution in [0.1, 0.15) is 46.0 Å². The minimum absolute atomic E-state index is 0.319. The molecule has 0 aromatic rings. The molecule has 98 valence electrons. The smallest absolute Gasteiger partial charge is 0.184 e. The lowest BCUT2D eigenvalue weighted by Gasteiger charge is -2.37. The highest BCUT2D eigenvalue weighted by atomic mass is 16.8. The van der Waals surface area contributed by atoms with Crippen LogP contribution in [0.4, 0.5) is 0 Å². The summed E-state index contributed by atoms with van der Waals surface area (Å²) in [6.45, 7) is 4.30. The van der Waals surface area contributed by atoms with Crippen molar-refractivity contribution in [3.05, 3.63) is 0 Å². The third-order valence-electron chi connectivity index (χ3n) is 4.36. The Hall–Kier alpha value is -0.160. The summed E-state index contributed by atoms with van der Waals surface area (Å²) in [5.74, 6) is -0.146. The summed E-state index contributed by atoms with van der Waals surface area (Å²) in [7, 11) is 0. The molecule has 0 aromatic heterocycles. The van der Waals surface area contributed by atoms with Crippen molar-refractivity contribution in [3.63, 3.8) is 0 Å². The molecule has 3 atom stereocenters. The lowest BCUT2D eigenvalue weighted by atomic mass is 9.75. The number of aliphatic hydroxyl groups excluding tert-OH is 1. The van der Waals surface area contributed by atoms with Gasteiger partial charge in [0, 0.05) is 0 Å². The average molecular weight is 242 g/mol. The van der Waals surface area contributed by atoms with Gasteiger partial charge in [-0.3, -0.25) is 0 Å². The average Bonchev–Trinajstić information content (AvgIpc) is 2.75. The van der Waals surface area contributed by atoms with Crippen molar-refractivity contribution >= 4 is 0 Å². The molecule has 4 nitrogen and oxygen atoms in total. The van der Waals surface area contributed by atoms with E-state index in [2.05, 4.69) is 0 Å². The molecule has 0 spiro atoms. The Labute approximate surface area is 102 Å². The normalized spacial score (nSPS) is 46.1. The molecule has 2 heterocycles. The summed E-state index contributed by atoms with van der Waals surface area (Å²) in [6, 6.07) is 0. The third kappa shape index (κ3) is 1.82. The maximum absolute atomic E-state index is 9.90. The van der Waals surface area contributed by atoms with Gasteiger partial charge in [0.1, 0.15) is 11.7 Å². The van der Waals surface area contributed by atoms with Crippen molar-refractivity contribution in [2.75, 3.05) is 6.61 Å². The minimum atomic E-state index is -0.835. The first-order chi connectivity index (χ1) is 8.04. The Kier molecular flexibility index (Phi) is 2.74. The van der Waals surface area contributed by atoms with Gasteiger partial charge >= 0.3 is 0 Å². The molecule has 3 fully saturated rings. The quantitative estimate of drug-likeness (QED) is 0.761. The van der Waals surface area contributed by atoms with Crippen LogP contribution in [0.5, 0.6) is 0 Å². The van der Waals surface area contributed by atoms with Crippen LogP contribution in [0, 0.1) is 5.92 Å². The molecule has 0 radical (unpaired) electrons. The molecular formula is C13H22O4. The molecule has 3 rings (SSSR count). The van der Waals surface area contributed by atoms with Gasteiger partial charge in [-0.1, -0.05) is 19.3 Å². The second-order valence-electron chi connectivity index (χ2n) is 6.03. The maximum Gasteiger partial charge on any atom is 0.184 e. The summed E-state index contributed by atoms with van der Waals surface area (Å²) in [6.07, 6.45) is 4.97. The van der Waals surface area contributed by atoms with Gasteiger partial charge in [0.25, 0.3) is 0 Å². The number of hydrogen-bond acceptors (Lipinski definition) is 4. The molecule has 1 aliphatic carbocycles. The van der Waals surface area contributed by atoms with E-state index in [4.69, 9.17) is 14.2 Å². The molecular weight excluding hydrogens is 220 g/mol. The fourth-order valence-electron chi connectivity index (χ4n) is 3.68. The molecule has 1 N–H and O–H groups in total. The van der Waals surface area contributed by atoms with E-state index < -0.39 is 17.7 Å². The molecule has 1 saturated carbocycles. The van der Waals surface area contributed by atoms with Crippen molar-refractivity contribution < 1.29 is 19.3 Å². The van der Waals surface area contributed by atoms with Gasteiger partial charge in [0.15, 0.2) is 12.1 Å². The highest BCUT2D eigenvalue weighted by molar-refractivity contribution is 5.06. The molecule has 2 saturated heterocycles. The fourth-order valence-corrected chi connectivity index (χ4v) is 3.68. The van der Waals surface area contributed by atoms with Crippen molar-refractivity contribution in [3.8, 4) is 0 Å². The Balaban J connectivity index is 1.87. The topological polar surface area (TPSA) is 47.9 Å². The van der Waals surface area contributed by atoms with E-state index in [1.54, 1.807) is 0 Å². The van der Waals surface area contributed by atoms with Crippen molar-refractivity contribution in [1.29, 1.82) is 0 Å². The van der Waals surface area contributed by atoms with E-state index in [1.165, 1.54) is 19.3 Å². The largest absolute Gasteiger partial charge is 0.366 e. The van der Waals surface area contributed by atoms with E-state index in [1.807, 2.05) is 13.8 Å². The van der Waals surface area contributed by atoms with Gasteiger partial charge in [-0.2, -0.15) is 0 Å². The van der Waals surface area contributed by atoms with Crippen LogP contribution in [-0.2, 0) is 14.2 Å². The minimum Gasteiger partial charge on any atom is -0.366 e. The maximum atomic E-state index is 9.90. The zero-order chi connectivity index (χ0) is 12.1. The zero-order valence-electron chi connectivity index (χ0n) is 10.6. The van der Waals surface area contributed by atoms with Gasteiger partial charge in [-0.15, -0.1) is 0 Å². The summed E-state index contributed by atoms with van der Waals surface area (Å²) in [5.41, 5.74) is -0.413. The van der Waals surface area contributed by atoms with Gasteiger partial charge in [-0.05, 0) is 32.6 Å². The number of ether oxygens (including phenoxy) is 3. The molecule has 4 heteroatoms. The van der Waals surface area contributed by atoms with Crippen molar-refractivity contribution in [2.24, 2.45) is 5.92 Å². The summed E-state index contributed by atoms with van der Waals surface area (Å²) >= 11 is 0. The summed E-state index contributed by atoms with van der Waals surface area (Å²) in [4.78, 5) is 0. The lowest BCUT2D eigenvalue weighted by Crippen LogP contribution is -2.49. The monoisotopic (exact) mass is 242 g/mol. The Morgan fingerprint density at radius 1 is 1.12 bits per heavy atom. The number of rotatable bonds is 1. The zero-order valence-corrected chi connectivity index (χ0v) is 10.6. The SMILES string of the molecule is CC1(C)O[C@@H]2C(O)OC[C@]2(C2CCCCC2)O1. The fraction of sp³-hybridized carbons (Fsp3) is 1.00. The molecule has 1 unspecified atom stereocenters. The van der Waals surface area contributed by atoms with E-state index in [-0.39, 0.29) is 6.10 Å². The Bertz CT molecular complexity index is 298. The first kappa shape index (κ1) is 11.9. The van der Waals surface area contributed by atoms with E-state index in [0.29, 0.717) is 12.5 Å². The van der Waals surface area contributed by atoms with Crippen LogP contribution in [0.3, 0.4) is 0 Å². The van der Waals surface area contributed by atoms with Crippen molar-refractivity contribution in [2.45, 2.75) is 69.7 Å². The predicted octanol–water partition coefficient (Wildman–Crippen LogP) is 1.81. The number of fused-ring (bicyclic) bond motifs is 1. The van der Waals surface area contributed by atoms with Crippen LogP contribution in [-0.4, -0.2) is 35.5 Å². The van der Waals surface area contributed by atoms with Crippen LogP contribution in [0.2, 0.25) is 0 Å². The molecule has 0 bridgehead atoms. The highest BCUT2D eigenvalue weighted by Gasteiger charge is 2.63. The number of hydrogen-bond donors (Lipinski definition) is 1. The first-order valence-electron chi connectivity index (χ1n) is 6.71. The lowest BCUT2D eigenvalue weighted by molar-refractivity contribution is -0.219. The molecule has 2 aliphatic heterocycles. The van der Waals surface area contributed by atoms with Gasteiger partial charge in [0.2, 0.25) is 0 Å². The molecule has 3 aliphatic rings. The van der Waals surface area contributed by atoms with Gasteiger partial charge < -0.3 is 19.3 Å². The molecule has 0 amide bonds. The standard InChI is InChI=1S/C13H22O4/c1-12(2)16-10-11(14)15-8-13(10,17-12)9-6-4-3-5-7-9/h9-11,14H,3-8H2,1-2H3/t10-,11?,13-/m1/s1. The molecule has 17 heavy (non-hydrogen) atoms. The Morgan fingerprint density at radius 2 is 1.82 bits per heavy atom. The third-order valence-corrected chi connectivity index (χ3v) is 4.36. The molecule has 0 aromatic carbocycles. The van der Waals surface area contributed by atoms with Crippen LogP contribution >= 0.6 is 0 Å². The van der Waals surface area contributed by atoms with Gasteiger partial charge in [0.05, 0.1) is 6.61 Å². The van der Waals surface area contributed by atoms with Crippen LogP contribution < -0.4 is 0 Å². The van der Waals surface area contributed by atoms with E-state index >= 15 is 0 Å². The second-order valence-corrected chi connectivity index (χ2v) is 6.03. The highest BCUT2D eigenvalue weighted by Crippen LogP contribution is 2.50. The van der Waals surface area contributed by atoms with Crippen LogP contribution in [0.25, 0.3) is 0 Å². The van der Waals surface area contributed by atoms with E-state index in [9.17, 15) is 5.11 Å². The predicted molar refractivity (Wildman–Crippen MR) is 61.3 cm³/mol.